The minimum absolute atomic E-state index is 0.127. The van der Waals surface area contributed by atoms with Crippen LogP contribution in [0.25, 0.3) is 0 Å². The highest BCUT2D eigenvalue weighted by Gasteiger charge is 2.11. The lowest BCUT2D eigenvalue weighted by Gasteiger charge is -2.11. The van der Waals surface area contributed by atoms with E-state index in [4.69, 9.17) is 14.6 Å². The van der Waals surface area contributed by atoms with E-state index >= 15 is 0 Å². The number of anilines is 1. The summed E-state index contributed by atoms with van der Waals surface area (Å²) in [5.74, 6) is -0.465. The lowest BCUT2D eigenvalue weighted by molar-refractivity contribution is -0.118. The van der Waals surface area contributed by atoms with Gasteiger partial charge in [0.25, 0.3) is 5.91 Å². The molecule has 0 unspecified atom stereocenters. The third kappa shape index (κ3) is 4.46. The second-order valence-corrected chi connectivity index (χ2v) is 5.34. The maximum absolute atomic E-state index is 11.9. The van der Waals surface area contributed by atoms with Crippen LogP contribution in [0.1, 0.15) is 10.4 Å². The highest BCUT2D eigenvalue weighted by atomic mass is 79.9. The second kappa shape index (κ2) is 7.64. The van der Waals surface area contributed by atoms with Crippen molar-refractivity contribution in [3.63, 3.8) is 0 Å². The summed E-state index contributed by atoms with van der Waals surface area (Å²) in [4.78, 5) is 22.8. The monoisotopic (exact) mass is 379 g/mol. The molecule has 0 atom stereocenters. The maximum atomic E-state index is 11.9. The van der Waals surface area contributed by atoms with Gasteiger partial charge in [0, 0.05) is 0 Å². The number of rotatable bonds is 6. The number of benzene rings is 2. The summed E-state index contributed by atoms with van der Waals surface area (Å²) in [6.45, 7) is -0.219. The molecule has 6 nitrogen and oxygen atoms in total. The molecule has 0 saturated carbocycles. The molecule has 1 amide bonds. The fourth-order valence-corrected chi connectivity index (χ4v) is 2.32. The van der Waals surface area contributed by atoms with E-state index in [0.717, 1.165) is 0 Å². The smallest absolute Gasteiger partial charge is 0.335 e. The fraction of sp³-hybridized carbons (Fsp3) is 0.125. The number of carbonyl (C=O) groups is 2. The van der Waals surface area contributed by atoms with Gasteiger partial charge < -0.3 is 19.9 Å². The first-order valence-electron chi connectivity index (χ1n) is 6.59. The van der Waals surface area contributed by atoms with Gasteiger partial charge in [-0.2, -0.15) is 0 Å². The largest absolute Gasteiger partial charge is 0.495 e. The average Bonchev–Trinajstić information content (AvgIpc) is 2.54. The summed E-state index contributed by atoms with van der Waals surface area (Å²) < 4.78 is 11.0. The van der Waals surface area contributed by atoms with E-state index in [2.05, 4.69) is 21.2 Å². The Balaban J connectivity index is 1.98. The number of ether oxygens (including phenoxy) is 2. The molecule has 0 heterocycles. The van der Waals surface area contributed by atoms with Crippen LogP contribution in [0.5, 0.6) is 11.5 Å². The number of aromatic carboxylic acids is 1. The normalized spacial score (nSPS) is 10.0. The SMILES string of the molecule is COc1ccccc1NC(=O)COc1ccc(C(=O)O)cc1Br. The average molecular weight is 380 g/mol. The van der Waals surface area contributed by atoms with Crippen LogP contribution in [-0.4, -0.2) is 30.7 Å². The van der Waals surface area contributed by atoms with E-state index < -0.39 is 5.97 Å². The van der Waals surface area contributed by atoms with E-state index in [-0.39, 0.29) is 18.1 Å². The number of hydrogen-bond donors (Lipinski definition) is 2. The van der Waals surface area contributed by atoms with Crippen LogP contribution >= 0.6 is 15.9 Å². The Morgan fingerprint density at radius 3 is 2.57 bits per heavy atom. The van der Waals surface area contributed by atoms with Crippen LogP contribution < -0.4 is 14.8 Å². The van der Waals surface area contributed by atoms with Crippen molar-refractivity contribution < 1.29 is 24.2 Å². The van der Waals surface area contributed by atoms with Crippen LogP contribution in [0, 0.1) is 0 Å². The van der Waals surface area contributed by atoms with Crippen LogP contribution in [0.3, 0.4) is 0 Å². The zero-order chi connectivity index (χ0) is 16.8. The number of carboxylic acids is 1. The molecule has 2 rings (SSSR count). The number of nitrogens with one attached hydrogen (secondary N) is 1. The Bertz CT molecular complexity index is 732. The Morgan fingerprint density at radius 1 is 1.17 bits per heavy atom. The van der Waals surface area contributed by atoms with Crippen LogP contribution in [0.2, 0.25) is 0 Å². The first kappa shape index (κ1) is 16.8. The van der Waals surface area contributed by atoms with Gasteiger partial charge in [-0.25, -0.2) is 4.79 Å². The molecule has 2 N–H and O–H groups in total. The van der Waals surface area contributed by atoms with Crippen molar-refractivity contribution in [3.05, 3.63) is 52.5 Å². The number of amides is 1. The molecule has 0 saturated heterocycles. The van der Waals surface area contributed by atoms with Gasteiger partial charge in [0.2, 0.25) is 0 Å². The molecule has 2 aromatic rings. The topological polar surface area (TPSA) is 84.9 Å². The molecule has 0 aliphatic carbocycles. The van der Waals surface area contributed by atoms with Crippen molar-refractivity contribution in [2.75, 3.05) is 19.0 Å². The molecule has 7 heteroatoms. The first-order valence-corrected chi connectivity index (χ1v) is 7.39. The van der Waals surface area contributed by atoms with Gasteiger partial charge in [-0.3, -0.25) is 4.79 Å². The summed E-state index contributed by atoms with van der Waals surface area (Å²) in [7, 11) is 1.52. The van der Waals surface area contributed by atoms with Crippen molar-refractivity contribution in [3.8, 4) is 11.5 Å². The van der Waals surface area contributed by atoms with E-state index in [9.17, 15) is 9.59 Å². The molecule has 120 valence electrons. The molecule has 0 aliphatic heterocycles. The standard InChI is InChI=1S/C16H14BrNO5/c1-22-14-5-3-2-4-12(14)18-15(19)9-23-13-7-6-10(16(20)21)8-11(13)17/h2-8H,9H2,1H3,(H,18,19)(H,20,21). The predicted molar refractivity (Wildman–Crippen MR) is 88.2 cm³/mol. The Labute approximate surface area is 141 Å². The van der Waals surface area contributed by atoms with Gasteiger partial charge in [0.15, 0.2) is 6.61 Å². The highest BCUT2D eigenvalue weighted by Crippen LogP contribution is 2.26. The number of carboxylic acid groups (broad SMARTS) is 1. The molecule has 23 heavy (non-hydrogen) atoms. The van der Waals surface area contributed by atoms with E-state index in [0.29, 0.717) is 21.7 Å². The molecule has 0 aliphatic rings. The molecular formula is C16H14BrNO5. The van der Waals surface area contributed by atoms with Crippen molar-refractivity contribution in [2.45, 2.75) is 0 Å². The summed E-state index contributed by atoms with van der Waals surface area (Å²) in [6, 6.07) is 11.3. The van der Waals surface area contributed by atoms with Gasteiger partial charge in [-0.05, 0) is 46.3 Å². The van der Waals surface area contributed by atoms with Crippen molar-refractivity contribution >= 4 is 33.5 Å². The maximum Gasteiger partial charge on any atom is 0.335 e. The summed E-state index contributed by atoms with van der Waals surface area (Å²) >= 11 is 3.22. The number of methoxy groups -OCH3 is 1. The molecule has 0 fully saturated rings. The fourth-order valence-electron chi connectivity index (χ4n) is 1.83. The van der Waals surface area contributed by atoms with Crippen molar-refractivity contribution in [2.24, 2.45) is 0 Å². The minimum Gasteiger partial charge on any atom is -0.495 e. The van der Waals surface area contributed by atoms with Gasteiger partial charge in [0.05, 0.1) is 22.8 Å². The lowest BCUT2D eigenvalue weighted by atomic mass is 10.2. The van der Waals surface area contributed by atoms with Crippen molar-refractivity contribution in [1.29, 1.82) is 0 Å². The minimum atomic E-state index is -1.04. The number of hydrogen-bond acceptors (Lipinski definition) is 4. The molecule has 2 aromatic carbocycles. The van der Waals surface area contributed by atoms with Gasteiger partial charge in [0.1, 0.15) is 11.5 Å². The van der Waals surface area contributed by atoms with Gasteiger partial charge in [-0.15, -0.1) is 0 Å². The van der Waals surface area contributed by atoms with Gasteiger partial charge >= 0.3 is 5.97 Å². The number of para-hydroxylation sites is 2. The molecule has 0 bridgehead atoms. The highest BCUT2D eigenvalue weighted by molar-refractivity contribution is 9.10. The third-order valence-electron chi connectivity index (χ3n) is 2.92. The summed E-state index contributed by atoms with van der Waals surface area (Å²) in [6.07, 6.45) is 0. The van der Waals surface area contributed by atoms with Crippen molar-refractivity contribution in [1.82, 2.24) is 0 Å². The third-order valence-corrected chi connectivity index (χ3v) is 3.54. The van der Waals surface area contributed by atoms with Gasteiger partial charge in [-0.1, -0.05) is 12.1 Å². The lowest BCUT2D eigenvalue weighted by Crippen LogP contribution is -2.20. The number of halogens is 1. The quantitative estimate of drug-likeness (QED) is 0.804. The summed E-state index contributed by atoms with van der Waals surface area (Å²) in [5.41, 5.74) is 0.673. The number of carbonyl (C=O) groups excluding carboxylic acids is 1. The summed E-state index contributed by atoms with van der Waals surface area (Å²) in [5, 5.41) is 11.6. The molecule has 0 spiro atoms. The molecule has 0 aromatic heterocycles. The Hall–Kier alpha value is -2.54. The van der Waals surface area contributed by atoms with Crippen LogP contribution in [0.4, 0.5) is 5.69 Å². The Kier molecular flexibility index (Phi) is 5.59. The second-order valence-electron chi connectivity index (χ2n) is 4.49. The molecule has 0 radical (unpaired) electrons. The van der Waals surface area contributed by atoms with E-state index in [1.165, 1.54) is 25.3 Å². The van der Waals surface area contributed by atoms with E-state index in [1.54, 1.807) is 24.3 Å². The van der Waals surface area contributed by atoms with E-state index in [1.807, 2.05) is 0 Å². The Morgan fingerprint density at radius 2 is 1.91 bits per heavy atom. The first-order chi connectivity index (χ1) is 11.0. The molecular weight excluding hydrogens is 366 g/mol. The van der Waals surface area contributed by atoms with Crippen LogP contribution in [-0.2, 0) is 4.79 Å². The van der Waals surface area contributed by atoms with Crippen LogP contribution in [0.15, 0.2) is 46.9 Å². The zero-order valence-electron chi connectivity index (χ0n) is 12.2. The predicted octanol–water partition coefficient (Wildman–Crippen LogP) is 3.17. The zero-order valence-corrected chi connectivity index (χ0v) is 13.8.